The first-order valence-electron chi connectivity index (χ1n) is 7.97. The van der Waals surface area contributed by atoms with Crippen LogP contribution in [0.2, 0.25) is 0 Å². The number of hydrogen-bond donors (Lipinski definition) is 0. The highest BCUT2D eigenvalue weighted by Crippen LogP contribution is 2.23. The Morgan fingerprint density at radius 3 is 2.74 bits per heavy atom. The van der Waals surface area contributed by atoms with E-state index >= 15 is 0 Å². The zero-order valence-corrected chi connectivity index (χ0v) is 15.1. The Balaban J connectivity index is 1.91. The van der Waals surface area contributed by atoms with Crippen molar-refractivity contribution in [3.8, 4) is 0 Å². The predicted octanol–water partition coefficient (Wildman–Crippen LogP) is 3.61. The highest BCUT2D eigenvalue weighted by molar-refractivity contribution is 7.18. The molecule has 0 aliphatic heterocycles. The van der Waals surface area contributed by atoms with Crippen molar-refractivity contribution in [2.45, 2.75) is 40.0 Å². The molecule has 4 nitrogen and oxygen atoms in total. The molecule has 0 fully saturated rings. The fourth-order valence-electron chi connectivity index (χ4n) is 2.34. The molecule has 5 heteroatoms. The average Bonchev–Trinajstić information content (AvgIpc) is 2.85. The summed E-state index contributed by atoms with van der Waals surface area (Å²) in [6, 6.07) is 6.09. The highest BCUT2D eigenvalue weighted by atomic mass is 32.1. The maximum Gasteiger partial charge on any atom is 0.222 e. The largest absolute Gasteiger partial charge is 0.338 e. The molecule has 1 aromatic carbocycles. The summed E-state index contributed by atoms with van der Waals surface area (Å²) in [5, 5.41) is 0.818. The number of fused-ring (bicyclic) bond motifs is 1. The van der Waals surface area contributed by atoms with Gasteiger partial charge >= 0.3 is 0 Å². The molecule has 0 radical (unpaired) electrons. The summed E-state index contributed by atoms with van der Waals surface area (Å²) in [5.74, 6) is 0.558. The van der Waals surface area contributed by atoms with E-state index in [1.807, 2.05) is 19.1 Å². The molecule has 2 aromatic rings. The van der Waals surface area contributed by atoms with Gasteiger partial charge in [0.1, 0.15) is 5.01 Å². The summed E-state index contributed by atoms with van der Waals surface area (Å²) in [4.78, 5) is 30.2. The maximum absolute atomic E-state index is 12.2. The van der Waals surface area contributed by atoms with Gasteiger partial charge in [0.05, 0.1) is 23.2 Å². The Bertz CT molecular complexity index is 706. The molecular formula is C18H24N2O2S. The van der Waals surface area contributed by atoms with Crippen LogP contribution in [0.1, 0.15) is 37.3 Å². The maximum atomic E-state index is 12.2. The number of amides is 1. The van der Waals surface area contributed by atoms with Gasteiger partial charge in [0.25, 0.3) is 0 Å². The number of Topliss-reactive ketones (excluding diaryl/α,β-unsaturated/α-hetero) is 1. The standard InChI is InChI=1S/C18H24N2O2S/c1-12(2)5-8-18(22)20(4)11-14(21)10-17-19-15-7-6-13(3)9-16(15)23-17/h6-7,9,12H,5,8,10-11H2,1-4H3. The van der Waals surface area contributed by atoms with Crippen molar-refractivity contribution < 1.29 is 9.59 Å². The van der Waals surface area contributed by atoms with E-state index in [1.54, 1.807) is 18.4 Å². The van der Waals surface area contributed by atoms with E-state index in [4.69, 9.17) is 0 Å². The number of likely N-dealkylation sites (N-methyl/N-ethyl adjacent to an activating group) is 1. The van der Waals surface area contributed by atoms with Crippen LogP contribution >= 0.6 is 11.3 Å². The zero-order valence-electron chi connectivity index (χ0n) is 14.3. The Labute approximate surface area is 141 Å². The number of aromatic nitrogens is 1. The first-order chi connectivity index (χ1) is 10.8. The third-order valence-electron chi connectivity index (χ3n) is 3.71. The molecule has 0 aliphatic carbocycles. The fraction of sp³-hybridized carbons (Fsp3) is 0.500. The van der Waals surface area contributed by atoms with Gasteiger partial charge < -0.3 is 4.90 Å². The van der Waals surface area contributed by atoms with Crippen LogP contribution in [0.3, 0.4) is 0 Å². The number of carbonyl (C=O) groups excluding carboxylic acids is 2. The number of carbonyl (C=O) groups is 2. The molecule has 1 aromatic heterocycles. The van der Waals surface area contributed by atoms with Crippen molar-refractivity contribution in [2.75, 3.05) is 13.6 Å². The molecule has 1 amide bonds. The summed E-state index contributed by atoms with van der Waals surface area (Å²) in [6.07, 6.45) is 1.65. The normalized spacial score (nSPS) is 11.2. The van der Waals surface area contributed by atoms with Crippen molar-refractivity contribution in [1.29, 1.82) is 0 Å². The zero-order chi connectivity index (χ0) is 17.0. The van der Waals surface area contributed by atoms with E-state index in [1.165, 1.54) is 10.5 Å². The average molecular weight is 332 g/mol. The summed E-state index contributed by atoms with van der Waals surface area (Å²) < 4.78 is 1.11. The van der Waals surface area contributed by atoms with Gasteiger partial charge in [-0.15, -0.1) is 11.3 Å². The van der Waals surface area contributed by atoms with E-state index in [-0.39, 0.29) is 18.2 Å². The van der Waals surface area contributed by atoms with Crippen LogP contribution in [0.4, 0.5) is 0 Å². The molecule has 0 unspecified atom stereocenters. The van der Waals surface area contributed by atoms with Crippen LogP contribution in [0.15, 0.2) is 18.2 Å². The lowest BCUT2D eigenvalue weighted by Gasteiger charge is -2.16. The van der Waals surface area contributed by atoms with Gasteiger partial charge in [0.15, 0.2) is 5.78 Å². The minimum Gasteiger partial charge on any atom is -0.338 e. The Morgan fingerprint density at radius 1 is 1.30 bits per heavy atom. The van der Waals surface area contributed by atoms with E-state index in [0.29, 0.717) is 18.8 Å². The summed E-state index contributed by atoms with van der Waals surface area (Å²) in [7, 11) is 1.70. The van der Waals surface area contributed by atoms with Crippen molar-refractivity contribution in [2.24, 2.45) is 5.92 Å². The molecule has 124 valence electrons. The second-order valence-electron chi connectivity index (χ2n) is 6.48. The predicted molar refractivity (Wildman–Crippen MR) is 94.8 cm³/mol. The Hall–Kier alpha value is -1.75. The van der Waals surface area contributed by atoms with Crippen molar-refractivity contribution in [1.82, 2.24) is 9.88 Å². The summed E-state index contributed by atoms with van der Waals surface area (Å²) in [5.41, 5.74) is 2.12. The van der Waals surface area contributed by atoms with Crippen LogP contribution < -0.4 is 0 Å². The van der Waals surface area contributed by atoms with Gasteiger partial charge in [-0.05, 0) is 37.0 Å². The third-order valence-corrected chi connectivity index (χ3v) is 4.73. The number of rotatable bonds is 7. The van der Waals surface area contributed by atoms with Crippen molar-refractivity contribution >= 4 is 33.2 Å². The highest BCUT2D eigenvalue weighted by Gasteiger charge is 2.15. The molecule has 0 saturated carbocycles. The van der Waals surface area contributed by atoms with Crippen LogP contribution in [0.25, 0.3) is 10.2 Å². The van der Waals surface area contributed by atoms with Crippen LogP contribution in [-0.2, 0) is 16.0 Å². The van der Waals surface area contributed by atoms with Crippen molar-refractivity contribution in [3.05, 3.63) is 28.8 Å². The third kappa shape index (κ3) is 5.13. The van der Waals surface area contributed by atoms with Crippen molar-refractivity contribution in [3.63, 3.8) is 0 Å². The SMILES string of the molecule is Cc1ccc2nc(CC(=O)CN(C)C(=O)CCC(C)C)sc2c1. The van der Waals surface area contributed by atoms with Gasteiger partial charge in [-0.3, -0.25) is 9.59 Å². The quantitative estimate of drug-likeness (QED) is 0.778. The second-order valence-corrected chi connectivity index (χ2v) is 7.59. The summed E-state index contributed by atoms with van der Waals surface area (Å²) in [6.45, 7) is 6.38. The van der Waals surface area contributed by atoms with Crippen LogP contribution in [0, 0.1) is 12.8 Å². The number of thiazole rings is 1. The lowest BCUT2D eigenvalue weighted by molar-refractivity contribution is -0.134. The van der Waals surface area contributed by atoms with Gasteiger partial charge in [-0.2, -0.15) is 0 Å². The van der Waals surface area contributed by atoms with Gasteiger partial charge in [-0.1, -0.05) is 19.9 Å². The van der Waals surface area contributed by atoms with Gasteiger partial charge in [-0.25, -0.2) is 4.98 Å². The number of hydrogen-bond acceptors (Lipinski definition) is 4. The number of benzene rings is 1. The minimum atomic E-state index is 0.0289. The first kappa shape index (κ1) is 17.6. The summed E-state index contributed by atoms with van der Waals surface area (Å²) >= 11 is 1.55. The molecule has 0 N–H and O–H groups in total. The molecule has 0 saturated heterocycles. The van der Waals surface area contributed by atoms with Crippen LogP contribution in [0.5, 0.6) is 0 Å². The molecule has 23 heavy (non-hydrogen) atoms. The first-order valence-corrected chi connectivity index (χ1v) is 8.78. The molecule has 0 atom stereocenters. The van der Waals surface area contributed by atoms with E-state index < -0.39 is 0 Å². The monoisotopic (exact) mass is 332 g/mol. The lowest BCUT2D eigenvalue weighted by Crippen LogP contribution is -2.32. The topological polar surface area (TPSA) is 50.3 Å². The lowest BCUT2D eigenvalue weighted by atomic mass is 10.1. The van der Waals surface area contributed by atoms with E-state index in [2.05, 4.69) is 24.9 Å². The second kappa shape index (κ2) is 7.68. The molecule has 2 rings (SSSR count). The Kier molecular flexibility index (Phi) is 5.88. The number of aryl methyl sites for hydroxylation is 1. The molecule has 0 aliphatic rings. The fourth-order valence-corrected chi connectivity index (χ4v) is 3.43. The van der Waals surface area contributed by atoms with Gasteiger partial charge in [0, 0.05) is 13.5 Å². The molecular weight excluding hydrogens is 308 g/mol. The van der Waals surface area contributed by atoms with E-state index in [0.717, 1.165) is 21.6 Å². The minimum absolute atomic E-state index is 0.0289. The Morgan fingerprint density at radius 2 is 2.04 bits per heavy atom. The molecule has 0 bridgehead atoms. The number of ketones is 1. The van der Waals surface area contributed by atoms with E-state index in [9.17, 15) is 9.59 Å². The smallest absolute Gasteiger partial charge is 0.222 e. The number of nitrogens with zero attached hydrogens (tertiary/aromatic N) is 2. The molecule has 0 spiro atoms. The molecule has 1 heterocycles. The van der Waals surface area contributed by atoms with Crippen LogP contribution in [-0.4, -0.2) is 35.2 Å². The van der Waals surface area contributed by atoms with Gasteiger partial charge in [0.2, 0.25) is 5.91 Å².